The van der Waals surface area contributed by atoms with Crippen LogP contribution in [0.1, 0.15) is 21.5 Å². The van der Waals surface area contributed by atoms with E-state index in [2.05, 4.69) is 0 Å². The van der Waals surface area contributed by atoms with Crippen LogP contribution in [0.4, 0.5) is 10.5 Å². The lowest BCUT2D eigenvalue weighted by atomic mass is 10.1. The zero-order valence-corrected chi connectivity index (χ0v) is 14.5. The van der Waals surface area contributed by atoms with Crippen LogP contribution in [0.5, 0.6) is 0 Å². The Morgan fingerprint density at radius 1 is 1.11 bits per heavy atom. The van der Waals surface area contributed by atoms with Gasteiger partial charge in [-0.3, -0.25) is 24.6 Å². The van der Waals surface area contributed by atoms with Crippen molar-refractivity contribution in [1.29, 1.82) is 0 Å². The molecule has 1 saturated heterocycles. The molecule has 2 aromatic carbocycles. The molecule has 0 spiro atoms. The second-order valence-corrected chi connectivity index (χ2v) is 6.56. The average Bonchev–Trinajstić information content (AvgIpc) is 2.90. The lowest BCUT2D eigenvalue weighted by Gasteiger charge is -2.12. The summed E-state index contributed by atoms with van der Waals surface area (Å²) in [5, 5.41) is 21.3. The number of rotatable bonds is 5. The van der Waals surface area contributed by atoms with Crippen LogP contribution < -0.4 is 5.11 Å². The van der Waals surface area contributed by atoms with Crippen molar-refractivity contribution in [3.8, 4) is 0 Å². The van der Waals surface area contributed by atoms with E-state index in [1.807, 2.05) is 0 Å². The van der Waals surface area contributed by atoms with Crippen LogP contribution >= 0.6 is 11.8 Å². The summed E-state index contributed by atoms with van der Waals surface area (Å²) in [5.74, 6) is -1.88. The van der Waals surface area contributed by atoms with Crippen molar-refractivity contribution in [1.82, 2.24) is 4.90 Å². The van der Waals surface area contributed by atoms with Crippen LogP contribution in [0, 0.1) is 10.1 Å². The molecule has 0 atom stereocenters. The molecule has 27 heavy (non-hydrogen) atoms. The number of aromatic carboxylic acids is 1. The molecule has 8 nitrogen and oxygen atoms in total. The summed E-state index contributed by atoms with van der Waals surface area (Å²) in [6.45, 7) is -0.206. The zero-order chi connectivity index (χ0) is 19.6. The predicted molar refractivity (Wildman–Crippen MR) is 95.4 cm³/mol. The summed E-state index contributed by atoms with van der Waals surface area (Å²) >= 11 is 0.721. The van der Waals surface area contributed by atoms with Gasteiger partial charge < -0.3 is 9.90 Å². The van der Waals surface area contributed by atoms with E-state index >= 15 is 0 Å². The number of nitro groups is 1. The molecule has 2 aromatic rings. The van der Waals surface area contributed by atoms with Gasteiger partial charge in [-0.05, 0) is 29.0 Å². The minimum absolute atomic E-state index is 0.00311. The van der Waals surface area contributed by atoms with Gasteiger partial charge in [0, 0.05) is 11.6 Å². The van der Waals surface area contributed by atoms with Gasteiger partial charge >= 0.3 is 0 Å². The largest absolute Gasteiger partial charge is 0.545 e. The number of nitrogens with zero attached hydrogens (tertiary/aromatic N) is 2. The van der Waals surface area contributed by atoms with Gasteiger partial charge in [0.15, 0.2) is 0 Å². The molecule has 3 rings (SSSR count). The second-order valence-electron chi connectivity index (χ2n) is 5.56. The summed E-state index contributed by atoms with van der Waals surface area (Å²) in [6.07, 6.45) is 1.46. The predicted octanol–water partition coefficient (Wildman–Crippen LogP) is 2.19. The van der Waals surface area contributed by atoms with Crippen molar-refractivity contribution in [2.45, 2.75) is 6.54 Å². The first-order valence-corrected chi connectivity index (χ1v) is 8.47. The van der Waals surface area contributed by atoms with E-state index in [0.29, 0.717) is 5.56 Å². The maximum Gasteiger partial charge on any atom is 0.293 e. The summed E-state index contributed by atoms with van der Waals surface area (Å²) in [4.78, 5) is 47.1. The van der Waals surface area contributed by atoms with Crippen LogP contribution in [-0.4, -0.2) is 26.9 Å². The van der Waals surface area contributed by atoms with Gasteiger partial charge in [-0.1, -0.05) is 42.5 Å². The molecule has 0 radical (unpaired) electrons. The Kier molecular flexibility index (Phi) is 5.04. The lowest BCUT2D eigenvalue weighted by Crippen LogP contribution is -2.27. The molecular formula is C18H11N2O6S-. The van der Waals surface area contributed by atoms with Gasteiger partial charge in [-0.15, -0.1) is 0 Å². The maximum absolute atomic E-state index is 12.5. The van der Waals surface area contributed by atoms with Crippen LogP contribution in [-0.2, 0) is 11.3 Å². The Bertz CT molecular complexity index is 984. The van der Waals surface area contributed by atoms with E-state index in [4.69, 9.17) is 0 Å². The monoisotopic (exact) mass is 383 g/mol. The highest BCUT2D eigenvalue weighted by Gasteiger charge is 2.36. The van der Waals surface area contributed by atoms with Crippen LogP contribution in [0.3, 0.4) is 0 Å². The van der Waals surface area contributed by atoms with E-state index in [0.717, 1.165) is 16.7 Å². The molecule has 0 saturated carbocycles. The third kappa shape index (κ3) is 3.87. The number of carboxylic acid groups (broad SMARTS) is 1. The number of nitro benzene ring substituents is 1. The number of hydrogen-bond acceptors (Lipinski definition) is 7. The fourth-order valence-corrected chi connectivity index (χ4v) is 3.33. The average molecular weight is 383 g/mol. The second kappa shape index (κ2) is 7.42. The highest BCUT2D eigenvalue weighted by molar-refractivity contribution is 8.18. The molecule has 1 aliphatic heterocycles. The third-order valence-electron chi connectivity index (χ3n) is 3.83. The van der Waals surface area contributed by atoms with Crippen molar-refractivity contribution >= 4 is 40.6 Å². The van der Waals surface area contributed by atoms with E-state index < -0.39 is 22.0 Å². The van der Waals surface area contributed by atoms with Gasteiger partial charge in [0.25, 0.3) is 16.8 Å². The number of carbonyl (C=O) groups is 3. The van der Waals surface area contributed by atoms with Crippen molar-refractivity contribution < 1.29 is 24.4 Å². The first-order chi connectivity index (χ1) is 12.9. The molecule has 136 valence electrons. The van der Waals surface area contributed by atoms with E-state index in [9.17, 15) is 29.6 Å². The SMILES string of the molecule is O=C([O-])c1ccc(/C=C2\SC(=O)N(Cc3ccccc3[N+](=O)[O-])C2=O)cc1. The number of hydrogen-bond donors (Lipinski definition) is 0. The van der Waals surface area contributed by atoms with Crippen LogP contribution in [0.2, 0.25) is 0 Å². The quantitative estimate of drug-likeness (QED) is 0.441. The summed E-state index contributed by atoms with van der Waals surface area (Å²) in [5.41, 5.74) is 0.621. The number of para-hydroxylation sites is 1. The minimum atomic E-state index is -1.31. The number of thioether (sulfide) groups is 1. The maximum atomic E-state index is 12.5. The Hall–Kier alpha value is -3.46. The smallest absolute Gasteiger partial charge is 0.293 e. The summed E-state index contributed by atoms with van der Waals surface area (Å²) < 4.78 is 0. The lowest BCUT2D eigenvalue weighted by molar-refractivity contribution is -0.385. The van der Waals surface area contributed by atoms with E-state index in [-0.39, 0.29) is 28.3 Å². The molecule has 0 N–H and O–H groups in total. The topological polar surface area (TPSA) is 121 Å². The minimum Gasteiger partial charge on any atom is -0.545 e. The van der Waals surface area contributed by atoms with Gasteiger partial charge in [0.1, 0.15) is 0 Å². The van der Waals surface area contributed by atoms with Crippen molar-refractivity contribution in [2.75, 3.05) is 0 Å². The standard InChI is InChI=1S/C18H12N2O6S/c21-16-15(9-11-5-7-12(8-6-11)17(22)23)27-18(24)19(16)10-13-3-1-2-4-14(13)20(25)26/h1-9H,10H2,(H,22,23)/p-1/b15-9-. The molecule has 1 fully saturated rings. The normalized spacial score (nSPS) is 15.4. The highest BCUT2D eigenvalue weighted by Crippen LogP contribution is 2.34. The van der Waals surface area contributed by atoms with Gasteiger partial charge in [-0.25, -0.2) is 0 Å². The summed E-state index contributed by atoms with van der Waals surface area (Å²) in [6, 6.07) is 11.5. The van der Waals surface area contributed by atoms with Crippen LogP contribution in [0.15, 0.2) is 53.4 Å². The van der Waals surface area contributed by atoms with Gasteiger partial charge in [-0.2, -0.15) is 0 Å². The number of carboxylic acids is 1. The first-order valence-electron chi connectivity index (χ1n) is 7.66. The molecule has 1 aliphatic rings. The molecule has 9 heteroatoms. The molecular weight excluding hydrogens is 372 g/mol. The fraction of sp³-hybridized carbons (Fsp3) is 0.0556. The van der Waals surface area contributed by atoms with Gasteiger partial charge in [0.05, 0.1) is 22.3 Å². The van der Waals surface area contributed by atoms with Crippen molar-refractivity contribution in [3.63, 3.8) is 0 Å². The van der Waals surface area contributed by atoms with E-state index in [1.54, 1.807) is 6.07 Å². The number of benzene rings is 2. The van der Waals surface area contributed by atoms with Crippen molar-refractivity contribution in [2.24, 2.45) is 0 Å². The number of carbonyl (C=O) groups excluding carboxylic acids is 3. The number of imide groups is 1. The molecule has 2 amide bonds. The van der Waals surface area contributed by atoms with Crippen molar-refractivity contribution in [3.05, 3.63) is 80.2 Å². The highest BCUT2D eigenvalue weighted by atomic mass is 32.2. The molecule has 0 unspecified atom stereocenters. The third-order valence-corrected chi connectivity index (χ3v) is 4.74. The molecule has 0 aromatic heterocycles. The van der Waals surface area contributed by atoms with E-state index in [1.165, 1.54) is 48.5 Å². The Labute approximate surface area is 157 Å². The first kappa shape index (κ1) is 18.3. The Morgan fingerprint density at radius 2 is 1.78 bits per heavy atom. The number of amides is 2. The molecule has 0 bridgehead atoms. The molecule has 1 heterocycles. The fourth-order valence-electron chi connectivity index (χ4n) is 2.50. The Balaban J connectivity index is 1.83. The molecule has 0 aliphatic carbocycles. The summed E-state index contributed by atoms with van der Waals surface area (Å²) in [7, 11) is 0. The Morgan fingerprint density at radius 3 is 2.41 bits per heavy atom. The van der Waals surface area contributed by atoms with Crippen LogP contribution in [0.25, 0.3) is 6.08 Å². The zero-order valence-electron chi connectivity index (χ0n) is 13.7. The van der Waals surface area contributed by atoms with Gasteiger partial charge in [0.2, 0.25) is 0 Å².